The van der Waals surface area contributed by atoms with Crippen LogP contribution in [0.4, 0.5) is 5.69 Å². The van der Waals surface area contributed by atoms with Gasteiger partial charge >= 0.3 is 0 Å². The molecule has 1 saturated heterocycles. The van der Waals surface area contributed by atoms with Gasteiger partial charge in [-0.2, -0.15) is 0 Å². The van der Waals surface area contributed by atoms with E-state index < -0.39 is 0 Å². The van der Waals surface area contributed by atoms with Crippen LogP contribution < -0.4 is 14.8 Å². The molecule has 0 spiro atoms. The lowest BCUT2D eigenvalue weighted by Crippen LogP contribution is -2.31. The molecule has 0 saturated carbocycles. The summed E-state index contributed by atoms with van der Waals surface area (Å²) in [6, 6.07) is 23.7. The fraction of sp³-hybridized carbons (Fsp3) is 0.286. The highest BCUT2D eigenvalue weighted by molar-refractivity contribution is 6.05. The van der Waals surface area contributed by atoms with Crippen LogP contribution in [0.5, 0.6) is 11.5 Å². The number of nitrogens with one attached hydrogen (secondary N) is 1. The number of anilines is 1. The largest absolute Gasteiger partial charge is 0.490 e. The van der Waals surface area contributed by atoms with Crippen LogP contribution in [0, 0.1) is 0 Å². The number of carbonyl (C=O) groups is 2. The minimum atomic E-state index is -0.238. The van der Waals surface area contributed by atoms with Gasteiger partial charge in [-0.25, -0.2) is 0 Å². The zero-order valence-electron chi connectivity index (χ0n) is 19.2. The van der Waals surface area contributed by atoms with Crippen molar-refractivity contribution in [1.29, 1.82) is 0 Å². The summed E-state index contributed by atoms with van der Waals surface area (Å²) in [4.78, 5) is 27.5. The molecule has 2 amide bonds. The minimum Gasteiger partial charge on any atom is -0.490 e. The van der Waals surface area contributed by atoms with Gasteiger partial charge in [0.2, 0.25) is 0 Å². The van der Waals surface area contributed by atoms with E-state index in [1.807, 2.05) is 35.2 Å². The molecule has 1 fully saturated rings. The lowest BCUT2D eigenvalue weighted by Gasteiger charge is -2.20. The zero-order valence-corrected chi connectivity index (χ0v) is 19.2. The van der Waals surface area contributed by atoms with Gasteiger partial charge < -0.3 is 19.7 Å². The molecular formula is C28H30N2O4. The Hall–Kier alpha value is -3.80. The van der Waals surface area contributed by atoms with Crippen molar-refractivity contribution in [1.82, 2.24) is 4.90 Å². The Labute approximate surface area is 200 Å². The quantitative estimate of drug-likeness (QED) is 0.458. The van der Waals surface area contributed by atoms with Crippen molar-refractivity contribution in [2.75, 3.05) is 31.6 Å². The van der Waals surface area contributed by atoms with Crippen LogP contribution in [0.2, 0.25) is 0 Å². The second-order valence-corrected chi connectivity index (χ2v) is 8.28. The van der Waals surface area contributed by atoms with E-state index in [0.29, 0.717) is 35.8 Å². The first-order valence-corrected chi connectivity index (χ1v) is 11.8. The molecule has 1 aliphatic rings. The zero-order chi connectivity index (χ0) is 23.6. The Bertz CT molecular complexity index is 1080. The molecule has 0 aromatic heterocycles. The highest BCUT2D eigenvalue weighted by atomic mass is 16.5. The number of likely N-dealkylation sites (tertiary alicyclic amines) is 1. The first-order chi connectivity index (χ1) is 16.7. The summed E-state index contributed by atoms with van der Waals surface area (Å²) in [5, 5.41) is 2.89. The van der Waals surface area contributed by atoms with Gasteiger partial charge in [0.05, 0.1) is 0 Å². The highest BCUT2D eigenvalue weighted by Crippen LogP contribution is 2.18. The molecule has 0 atom stereocenters. The molecular weight excluding hydrogens is 428 g/mol. The van der Waals surface area contributed by atoms with Crippen LogP contribution in [0.25, 0.3) is 0 Å². The van der Waals surface area contributed by atoms with E-state index >= 15 is 0 Å². The third kappa shape index (κ3) is 6.61. The SMILES string of the molecule is O=C(Nc1cccc(C(=O)N2CCCCCC2)c1)c1ccc(OCCOc2ccccc2)cc1. The topological polar surface area (TPSA) is 67.9 Å². The summed E-state index contributed by atoms with van der Waals surface area (Å²) < 4.78 is 11.3. The molecule has 176 valence electrons. The van der Waals surface area contributed by atoms with Crippen LogP contribution in [-0.4, -0.2) is 43.0 Å². The summed E-state index contributed by atoms with van der Waals surface area (Å²) in [6.07, 6.45) is 4.43. The average Bonchev–Trinajstić information content (AvgIpc) is 3.17. The van der Waals surface area contributed by atoms with Crippen LogP contribution in [0.3, 0.4) is 0 Å². The molecule has 6 heteroatoms. The fourth-order valence-electron chi connectivity index (χ4n) is 3.93. The molecule has 0 bridgehead atoms. The number of benzene rings is 3. The first kappa shape index (κ1) is 23.4. The fourth-order valence-corrected chi connectivity index (χ4v) is 3.93. The van der Waals surface area contributed by atoms with Crippen molar-refractivity contribution in [2.45, 2.75) is 25.7 Å². The van der Waals surface area contributed by atoms with Crippen LogP contribution in [-0.2, 0) is 0 Å². The number of para-hydroxylation sites is 1. The van der Waals surface area contributed by atoms with Crippen LogP contribution in [0.15, 0.2) is 78.9 Å². The van der Waals surface area contributed by atoms with Gasteiger partial charge in [0.1, 0.15) is 24.7 Å². The Balaban J connectivity index is 1.28. The lowest BCUT2D eigenvalue weighted by atomic mass is 10.1. The molecule has 0 unspecified atom stereocenters. The Morgan fingerprint density at radius 2 is 1.35 bits per heavy atom. The summed E-state index contributed by atoms with van der Waals surface area (Å²) in [5.41, 5.74) is 1.71. The highest BCUT2D eigenvalue weighted by Gasteiger charge is 2.18. The van der Waals surface area contributed by atoms with Gasteiger partial charge in [0.15, 0.2) is 0 Å². The summed E-state index contributed by atoms with van der Waals surface area (Å²) in [7, 11) is 0. The van der Waals surface area contributed by atoms with Gasteiger partial charge in [-0.3, -0.25) is 9.59 Å². The molecule has 3 aromatic rings. The van der Waals surface area contributed by atoms with Crippen molar-refractivity contribution in [3.8, 4) is 11.5 Å². The number of hydrogen-bond acceptors (Lipinski definition) is 4. The predicted octanol–water partition coefficient (Wildman–Crippen LogP) is 5.41. The molecule has 0 aliphatic carbocycles. The average molecular weight is 459 g/mol. The van der Waals surface area contributed by atoms with Crippen molar-refractivity contribution < 1.29 is 19.1 Å². The summed E-state index contributed by atoms with van der Waals surface area (Å²) in [5.74, 6) is 1.25. The summed E-state index contributed by atoms with van der Waals surface area (Å²) >= 11 is 0. The standard InChI is InChI=1S/C28H30N2O4/c31-27(22-13-15-26(16-14-22)34-20-19-33-25-11-4-3-5-12-25)29-24-10-8-9-23(21-24)28(32)30-17-6-1-2-7-18-30/h3-5,8-16,21H,1-2,6-7,17-20H2,(H,29,31). The smallest absolute Gasteiger partial charge is 0.255 e. The summed E-state index contributed by atoms with van der Waals surface area (Å²) in [6.45, 7) is 2.42. The number of carbonyl (C=O) groups excluding carboxylic acids is 2. The monoisotopic (exact) mass is 458 g/mol. The maximum absolute atomic E-state index is 12.9. The van der Waals surface area contributed by atoms with Gasteiger partial charge in [0.25, 0.3) is 11.8 Å². The number of rotatable bonds is 8. The molecule has 3 aromatic carbocycles. The number of amides is 2. The van der Waals surface area contributed by atoms with E-state index in [2.05, 4.69) is 5.32 Å². The Morgan fingerprint density at radius 3 is 2.03 bits per heavy atom. The third-order valence-corrected chi connectivity index (χ3v) is 5.74. The van der Waals surface area contributed by atoms with Crippen molar-refractivity contribution >= 4 is 17.5 Å². The maximum Gasteiger partial charge on any atom is 0.255 e. The van der Waals surface area contributed by atoms with Gasteiger partial charge in [-0.1, -0.05) is 37.1 Å². The van der Waals surface area contributed by atoms with Crippen molar-refractivity contribution in [3.63, 3.8) is 0 Å². The van der Waals surface area contributed by atoms with Gasteiger partial charge in [0, 0.05) is 29.9 Å². The second-order valence-electron chi connectivity index (χ2n) is 8.28. The Morgan fingerprint density at radius 1 is 0.706 bits per heavy atom. The lowest BCUT2D eigenvalue weighted by molar-refractivity contribution is 0.0761. The Kier molecular flexibility index (Phi) is 8.17. The number of hydrogen-bond donors (Lipinski definition) is 1. The predicted molar refractivity (Wildman–Crippen MR) is 133 cm³/mol. The van der Waals surface area contributed by atoms with Crippen LogP contribution in [0.1, 0.15) is 46.4 Å². The minimum absolute atomic E-state index is 0.0238. The maximum atomic E-state index is 12.9. The van der Waals surface area contributed by atoms with Crippen molar-refractivity contribution in [2.24, 2.45) is 0 Å². The van der Waals surface area contributed by atoms with E-state index in [4.69, 9.17) is 9.47 Å². The van der Waals surface area contributed by atoms with E-state index in [1.54, 1.807) is 48.5 Å². The molecule has 4 rings (SSSR count). The molecule has 0 radical (unpaired) electrons. The first-order valence-electron chi connectivity index (χ1n) is 11.8. The van der Waals surface area contributed by atoms with Gasteiger partial charge in [-0.15, -0.1) is 0 Å². The normalized spacial score (nSPS) is 13.6. The molecule has 34 heavy (non-hydrogen) atoms. The third-order valence-electron chi connectivity index (χ3n) is 5.74. The van der Waals surface area contributed by atoms with Crippen LogP contribution >= 0.6 is 0 Å². The molecule has 1 N–H and O–H groups in total. The van der Waals surface area contributed by atoms with Crippen molar-refractivity contribution in [3.05, 3.63) is 90.0 Å². The van der Waals surface area contributed by atoms with Gasteiger partial charge in [-0.05, 0) is 67.4 Å². The van der Waals surface area contributed by atoms with E-state index in [9.17, 15) is 9.59 Å². The van der Waals surface area contributed by atoms with E-state index in [0.717, 1.165) is 31.7 Å². The number of ether oxygens (including phenoxy) is 2. The number of nitrogens with zero attached hydrogens (tertiary/aromatic N) is 1. The molecule has 6 nitrogen and oxygen atoms in total. The molecule has 1 aliphatic heterocycles. The second kappa shape index (κ2) is 11.9. The molecule has 1 heterocycles. The van der Waals surface area contributed by atoms with E-state index in [-0.39, 0.29) is 11.8 Å². The van der Waals surface area contributed by atoms with E-state index in [1.165, 1.54) is 12.8 Å².